The van der Waals surface area contributed by atoms with E-state index in [0.29, 0.717) is 5.95 Å². The smallest absolute Gasteiger partial charge is 0.229 e. The van der Waals surface area contributed by atoms with Gasteiger partial charge in [-0.1, -0.05) is 6.07 Å². The van der Waals surface area contributed by atoms with Crippen LogP contribution in [-0.2, 0) is 6.42 Å². The van der Waals surface area contributed by atoms with Crippen molar-refractivity contribution < 1.29 is 0 Å². The van der Waals surface area contributed by atoms with Crippen LogP contribution in [0.5, 0.6) is 0 Å². The summed E-state index contributed by atoms with van der Waals surface area (Å²) in [5, 5.41) is 14.6. The number of benzene rings is 1. The van der Waals surface area contributed by atoms with Crippen molar-refractivity contribution in [2.75, 3.05) is 17.2 Å². The van der Waals surface area contributed by atoms with E-state index in [1.54, 1.807) is 18.6 Å². The van der Waals surface area contributed by atoms with Gasteiger partial charge in [-0.3, -0.25) is 10.1 Å². The van der Waals surface area contributed by atoms with Gasteiger partial charge in [0.15, 0.2) is 0 Å². The van der Waals surface area contributed by atoms with Crippen molar-refractivity contribution in [1.82, 2.24) is 25.1 Å². The van der Waals surface area contributed by atoms with Gasteiger partial charge < -0.3 is 10.6 Å². The van der Waals surface area contributed by atoms with Crippen LogP contribution in [0.1, 0.15) is 5.69 Å². The fourth-order valence-electron chi connectivity index (χ4n) is 2.55. The van der Waals surface area contributed by atoms with Gasteiger partial charge in [-0.25, -0.2) is 4.98 Å². The second-order valence-electron chi connectivity index (χ2n) is 5.69. The van der Waals surface area contributed by atoms with Crippen LogP contribution in [0, 0.1) is 0 Å². The van der Waals surface area contributed by atoms with Gasteiger partial charge in [0.2, 0.25) is 5.95 Å². The Labute approximate surface area is 158 Å². The predicted octanol–water partition coefficient (Wildman–Crippen LogP) is 3.91. The van der Waals surface area contributed by atoms with Crippen molar-refractivity contribution in [3.63, 3.8) is 0 Å². The lowest BCUT2D eigenvalue weighted by Gasteiger charge is -2.10. The third-order valence-corrected chi connectivity index (χ3v) is 4.42. The molecular weight excluding hydrogens is 394 g/mol. The van der Waals surface area contributed by atoms with Crippen LogP contribution < -0.4 is 10.6 Å². The second kappa shape index (κ2) is 7.49. The Hall–Kier alpha value is -3.00. The van der Waals surface area contributed by atoms with Gasteiger partial charge in [0.05, 0.1) is 16.2 Å². The molecule has 3 N–H and O–H groups in total. The molecule has 0 bridgehead atoms. The molecular formula is C18H16BrN7. The first-order valence-electron chi connectivity index (χ1n) is 8.14. The van der Waals surface area contributed by atoms with E-state index in [2.05, 4.69) is 51.7 Å². The summed E-state index contributed by atoms with van der Waals surface area (Å²) in [6.07, 6.45) is 6.14. The Bertz CT molecular complexity index is 1020. The van der Waals surface area contributed by atoms with Crippen molar-refractivity contribution in [3.8, 4) is 0 Å². The summed E-state index contributed by atoms with van der Waals surface area (Å²) >= 11 is 3.49. The molecule has 3 heterocycles. The van der Waals surface area contributed by atoms with Gasteiger partial charge in [-0.05, 0) is 46.3 Å². The number of hydrogen-bond acceptors (Lipinski definition) is 6. The number of rotatable bonds is 6. The first-order chi connectivity index (χ1) is 12.8. The summed E-state index contributed by atoms with van der Waals surface area (Å²) in [5.41, 5.74) is 2.89. The monoisotopic (exact) mass is 409 g/mol. The topological polar surface area (TPSA) is 91.4 Å². The maximum Gasteiger partial charge on any atom is 0.229 e. The summed E-state index contributed by atoms with van der Waals surface area (Å²) in [4.78, 5) is 13.2. The molecule has 4 aromatic rings. The number of anilines is 3. The first kappa shape index (κ1) is 16.5. The SMILES string of the molecule is Brc1cnc(Nc2ccc3cn[nH]c3c2)nc1NCCc1ccccn1. The first-order valence-corrected chi connectivity index (χ1v) is 8.94. The maximum atomic E-state index is 4.54. The fraction of sp³-hybridized carbons (Fsp3) is 0.111. The molecule has 26 heavy (non-hydrogen) atoms. The summed E-state index contributed by atoms with van der Waals surface area (Å²) < 4.78 is 0.813. The highest BCUT2D eigenvalue weighted by Gasteiger charge is 2.06. The van der Waals surface area contributed by atoms with Crippen molar-refractivity contribution in [2.24, 2.45) is 0 Å². The lowest BCUT2D eigenvalue weighted by molar-refractivity contribution is 0.949. The fourth-order valence-corrected chi connectivity index (χ4v) is 2.88. The van der Waals surface area contributed by atoms with E-state index in [1.165, 1.54) is 0 Å². The molecule has 0 aliphatic carbocycles. The number of hydrogen-bond donors (Lipinski definition) is 3. The van der Waals surface area contributed by atoms with Crippen LogP contribution in [0.15, 0.2) is 59.5 Å². The lowest BCUT2D eigenvalue weighted by Crippen LogP contribution is -2.09. The second-order valence-corrected chi connectivity index (χ2v) is 6.54. The zero-order valence-electron chi connectivity index (χ0n) is 13.8. The molecule has 0 aliphatic heterocycles. The van der Waals surface area contributed by atoms with Crippen molar-refractivity contribution in [2.45, 2.75) is 6.42 Å². The summed E-state index contributed by atoms with van der Waals surface area (Å²) in [6, 6.07) is 11.8. The molecule has 8 heteroatoms. The third kappa shape index (κ3) is 3.80. The minimum absolute atomic E-state index is 0.521. The van der Waals surface area contributed by atoms with Crippen LogP contribution in [-0.4, -0.2) is 31.7 Å². The Balaban J connectivity index is 1.45. The van der Waals surface area contributed by atoms with E-state index < -0.39 is 0 Å². The van der Waals surface area contributed by atoms with Crippen LogP contribution in [0.4, 0.5) is 17.5 Å². The van der Waals surface area contributed by atoms with E-state index in [0.717, 1.165) is 45.5 Å². The Morgan fingerprint density at radius 1 is 1.08 bits per heavy atom. The molecule has 4 rings (SSSR count). The Morgan fingerprint density at radius 2 is 2.04 bits per heavy atom. The summed E-state index contributed by atoms with van der Waals surface area (Å²) in [7, 11) is 0. The molecule has 1 aromatic carbocycles. The maximum absolute atomic E-state index is 4.54. The molecule has 0 spiro atoms. The van der Waals surface area contributed by atoms with Crippen LogP contribution in [0.2, 0.25) is 0 Å². The highest BCUT2D eigenvalue weighted by atomic mass is 79.9. The molecule has 0 atom stereocenters. The molecule has 7 nitrogen and oxygen atoms in total. The number of fused-ring (bicyclic) bond motifs is 1. The normalized spacial score (nSPS) is 10.8. The summed E-state index contributed by atoms with van der Waals surface area (Å²) in [5.74, 6) is 1.26. The molecule has 0 amide bonds. The van der Waals surface area contributed by atoms with Crippen LogP contribution in [0.25, 0.3) is 10.9 Å². The minimum Gasteiger partial charge on any atom is -0.369 e. The summed E-state index contributed by atoms with van der Waals surface area (Å²) in [6.45, 7) is 0.728. The third-order valence-electron chi connectivity index (χ3n) is 3.84. The Kier molecular flexibility index (Phi) is 4.74. The van der Waals surface area contributed by atoms with E-state index in [4.69, 9.17) is 0 Å². The highest BCUT2D eigenvalue weighted by molar-refractivity contribution is 9.10. The van der Waals surface area contributed by atoms with E-state index in [-0.39, 0.29) is 0 Å². The molecule has 0 saturated carbocycles. The Morgan fingerprint density at radius 3 is 2.92 bits per heavy atom. The van der Waals surface area contributed by atoms with Crippen LogP contribution in [0.3, 0.4) is 0 Å². The molecule has 130 valence electrons. The number of aromatic amines is 1. The number of H-pyrrole nitrogens is 1. The van der Waals surface area contributed by atoms with Crippen LogP contribution >= 0.6 is 15.9 Å². The zero-order valence-corrected chi connectivity index (χ0v) is 15.4. The number of halogens is 1. The van der Waals surface area contributed by atoms with Gasteiger partial charge in [-0.2, -0.15) is 10.1 Å². The lowest BCUT2D eigenvalue weighted by atomic mass is 10.2. The molecule has 0 saturated heterocycles. The van der Waals surface area contributed by atoms with E-state index in [1.807, 2.05) is 36.4 Å². The quantitative estimate of drug-likeness (QED) is 0.447. The zero-order chi connectivity index (χ0) is 17.8. The highest BCUT2D eigenvalue weighted by Crippen LogP contribution is 2.23. The molecule has 0 radical (unpaired) electrons. The predicted molar refractivity (Wildman–Crippen MR) is 106 cm³/mol. The van der Waals surface area contributed by atoms with Gasteiger partial charge in [-0.15, -0.1) is 0 Å². The average molecular weight is 410 g/mol. The number of aromatic nitrogens is 5. The van der Waals surface area contributed by atoms with E-state index in [9.17, 15) is 0 Å². The van der Waals surface area contributed by atoms with Gasteiger partial charge >= 0.3 is 0 Å². The number of nitrogens with one attached hydrogen (secondary N) is 3. The largest absolute Gasteiger partial charge is 0.369 e. The number of nitrogens with zero attached hydrogens (tertiary/aromatic N) is 4. The van der Waals surface area contributed by atoms with Gasteiger partial charge in [0.25, 0.3) is 0 Å². The van der Waals surface area contributed by atoms with Gasteiger partial charge in [0.1, 0.15) is 5.82 Å². The standard InChI is InChI=1S/C18H16BrN7/c19-15-11-22-18(24-14-5-4-12-10-23-26-16(12)9-14)25-17(15)21-8-6-13-3-1-2-7-20-13/h1-5,7,9-11H,6,8H2,(H,23,26)(H2,21,22,24,25). The number of pyridine rings is 1. The van der Waals surface area contributed by atoms with Crippen molar-refractivity contribution >= 4 is 44.3 Å². The molecule has 0 aliphatic rings. The van der Waals surface area contributed by atoms with E-state index >= 15 is 0 Å². The minimum atomic E-state index is 0.521. The molecule has 0 unspecified atom stereocenters. The average Bonchev–Trinajstić information content (AvgIpc) is 3.13. The van der Waals surface area contributed by atoms with Gasteiger partial charge in [0, 0.05) is 42.1 Å². The molecule has 3 aromatic heterocycles. The molecule has 0 fully saturated rings. The van der Waals surface area contributed by atoms with Crippen molar-refractivity contribution in [3.05, 3.63) is 65.2 Å². The van der Waals surface area contributed by atoms with Crippen molar-refractivity contribution in [1.29, 1.82) is 0 Å².